The zero-order valence-electron chi connectivity index (χ0n) is 14.8. The molecule has 1 aromatic heterocycles. The van der Waals surface area contributed by atoms with Gasteiger partial charge in [-0.1, -0.05) is 11.6 Å². The molecule has 138 valence electrons. The molecule has 3 aromatic rings. The number of halogens is 1. The topological polar surface area (TPSA) is 60.5 Å². The second kappa shape index (κ2) is 7.21. The summed E-state index contributed by atoms with van der Waals surface area (Å²) in [4.78, 5) is 18.2. The molecule has 0 fully saturated rings. The minimum Gasteiger partial charge on any atom is -0.497 e. The lowest BCUT2D eigenvalue weighted by Gasteiger charge is -2.09. The third-order valence-corrected chi connectivity index (χ3v) is 5.50. The number of carbonyl (C=O) groups is 1. The molecule has 0 bridgehead atoms. The number of nitrogens with one attached hydrogen (secondary N) is 1. The van der Waals surface area contributed by atoms with E-state index in [1.54, 1.807) is 19.2 Å². The fourth-order valence-corrected chi connectivity index (χ4v) is 4.05. The van der Waals surface area contributed by atoms with Crippen molar-refractivity contribution in [1.82, 2.24) is 4.98 Å². The summed E-state index contributed by atoms with van der Waals surface area (Å²) < 4.78 is 10.9. The molecular formula is C20H17ClN2O3S. The quantitative estimate of drug-likeness (QED) is 0.688. The Hall–Kier alpha value is -2.57. The Morgan fingerprint density at radius 2 is 2.07 bits per heavy atom. The number of nitrogens with zero attached hydrogens (tertiary/aromatic N) is 1. The van der Waals surface area contributed by atoms with E-state index < -0.39 is 6.10 Å². The van der Waals surface area contributed by atoms with Crippen molar-refractivity contribution < 1.29 is 14.3 Å². The number of aromatic nitrogens is 1. The van der Waals surface area contributed by atoms with Crippen LogP contribution in [0.2, 0.25) is 5.02 Å². The van der Waals surface area contributed by atoms with Gasteiger partial charge in [0.15, 0.2) is 11.2 Å². The molecule has 1 N–H and O–H groups in total. The number of hydrogen-bond acceptors (Lipinski definition) is 5. The summed E-state index contributed by atoms with van der Waals surface area (Å²) in [5, 5.41) is 4.07. The number of aryl methyl sites for hydroxylation is 1. The van der Waals surface area contributed by atoms with Crippen LogP contribution in [0.1, 0.15) is 10.4 Å². The Kier molecular flexibility index (Phi) is 4.76. The maximum atomic E-state index is 12.6. The second-order valence-electron chi connectivity index (χ2n) is 6.20. The van der Waals surface area contributed by atoms with Gasteiger partial charge in [0.25, 0.3) is 5.91 Å². The number of thiazole rings is 1. The first kappa shape index (κ1) is 17.8. The highest BCUT2D eigenvalue weighted by Crippen LogP contribution is 2.33. The fraction of sp³-hybridized carbons (Fsp3) is 0.200. The average molecular weight is 401 g/mol. The van der Waals surface area contributed by atoms with E-state index in [-0.39, 0.29) is 5.91 Å². The van der Waals surface area contributed by atoms with Crippen LogP contribution in [0.3, 0.4) is 0 Å². The predicted molar refractivity (Wildman–Crippen MR) is 107 cm³/mol. The monoisotopic (exact) mass is 400 g/mol. The van der Waals surface area contributed by atoms with E-state index in [9.17, 15) is 4.79 Å². The molecule has 1 amide bonds. The maximum absolute atomic E-state index is 12.6. The number of methoxy groups -OCH3 is 1. The first-order valence-corrected chi connectivity index (χ1v) is 9.61. The minimum atomic E-state index is -0.577. The van der Waals surface area contributed by atoms with E-state index in [0.717, 1.165) is 27.4 Å². The number of amides is 1. The van der Waals surface area contributed by atoms with E-state index in [4.69, 9.17) is 21.1 Å². The summed E-state index contributed by atoms with van der Waals surface area (Å²) >= 11 is 7.45. The van der Waals surface area contributed by atoms with Crippen LogP contribution in [0.5, 0.6) is 11.5 Å². The van der Waals surface area contributed by atoms with E-state index in [0.29, 0.717) is 22.3 Å². The Labute approximate surface area is 165 Å². The van der Waals surface area contributed by atoms with Crippen molar-refractivity contribution in [3.05, 3.63) is 57.9 Å². The van der Waals surface area contributed by atoms with Gasteiger partial charge in [-0.3, -0.25) is 10.1 Å². The number of benzene rings is 2. The van der Waals surface area contributed by atoms with Crippen LogP contribution in [-0.2, 0) is 11.2 Å². The molecule has 2 heterocycles. The molecule has 0 spiro atoms. The van der Waals surface area contributed by atoms with Crippen molar-refractivity contribution in [2.75, 3.05) is 12.4 Å². The van der Waals surface area contributed by atoms with Crippen LogP contribution in [0, 0.1) is 6.92 Å². The van der Waals surface area contributed by atoms with Crippen LogP contribution in [0.4, 0.5) is 5.13 Å². The largest absolute Gasteiger partial charge is 0.497 e. The second-order valence-corrected chi connectivity index (χ2v) is 7.84. The van der Waals surface area contributed by atoms with Crippen molar-refractivity contribution in [3.8, 4) is 22.8 Å². The van der Waals surface area contributed by atoms with Gasteiger partial charge in [-0.2, -0.15) is 0 Å². The fourth-order valence-electron chi connectivity index (χ4n) is 3.02. The molecule has 1 aliphatic heterocycles. The Balaban J connectivity index is 1.48. The molecule has 0 saturated carbocycles. The Bertz CT molecular complexity index is 1000. The molecule has 27 heavy (non-hydrogen) atoms. The maximum Gasteiger partial charge on any atom is 0.267 e. The molecule has 0 aliphatic carbocycles. The lowest BCUT2D eigenvalue weighted by atomic mass is 10.1. The third-order valence-electron chi connectivity index (χ3n) is 4.38. The predicted octanol–water partition coefficient (Wildman–Crippen LogP) is 4.72. The molecule has 0 saturated heterocycles. The van der Waals surface area contributed by atoms with E-state index in [1.165, 1.54) is 11.3 Å². The van der Waals surface area contributed by atoms with Crippen LogP contribution in [0.15, 0.2) is 42.5 Å². The number of anilines is 1. The van der Waals surface area contributed by atoms with Crippen molar-refractivity contribution in [3.63, 3.8) is 0 Å². The third kappa shape index (κ3) is 3.63. The normalized spacial score (nSPS) is 15.1. The molecule has 1 aliphatic rings. The van der Waals surface area contributed by atoms with Gasteiger partial charge in [-0.25, -0.2) is 4.98 Å². The smallest absolute Gasteiger partial charge is 0.267 e. The first-order valence-electron chi connectivity index (χ1n) is 8.41. The SMILES string of the molecule is COc1ccc(-c2nc(NC(=O)[C@H]3Cc4cc(Cl)ccc4O3)sc2C)cc1. The number of ether oxygens (including phenoxy) is 2. The summed E-state index contributed by atoms with van der Waals surface area (Å²) in [6.07, 6.45) is -0.0793. The molecule has 5 nitrogen and oxygen atoms in total. The molecule has 0 unspecified atom stereocenters. The van der Waals surface area contributed by atoms with Gasteiger partial charge in [0.05, 0.1) is 12.8 Å². The lowest BCUT2D eigenvalue weighted by Crippen LogP contribution is -2.31. The first-order chi connectivity index (χ1) is 13.0. The number of fused-ring (bicyclic) bond motifs is 1. The summed E-state index contributed by atoms with van der Waals surface area (Å²) in [5.41, 5.74) is 2.77. The van der Waals surface area contributed by atoms with E-state index in [2.05, 4.69) is 10.3 Å². The van der Waals surface area contributed by atoms with E-state index in [1.807, 2.05) is 37.3 Å². The summed E-state index contributed by atoms with van der Waals surface area (Å²) in [6, 6.07) is 13.1. The van der Waals surface area contributed by atoms with Crippen molar-refractivity contribution in [2.24, 2.45) is 0 Å². The molecule has 2 aromatic carbocycles. The molecule has 0 radical (unpaired) electrons. The Morgan fingerprint density at radius 3 is 2.81 bits per heavy atom. The van der Waals surface area contributed by atoms with Crippen molar-refractivity contribution in [2.45, 2.75) is 19.4 Å². The molecular weight excluding hydrogens is 384 g/mol. The zero-order valence-corrected chi connectivity index (χ0v) is 16.4. The van der Waals surface area contributed by atoms with Gasteiger partial charge in [0.1, 0.15) is 11.5 Å². The van der Waals surface area contributed by atoms with Gasteiger partial charge < -0.3 is 9.47 Å². The van der Waals surface area contributed by atoms with Gasteiger partial charge in [-0.05, 0) is 55.0 Å². The molecule has 7 heteroatoms. The summed E-state index contributed by atoms with van der Waals surface area (Å²) in [7, 11) is 1.63. The number of hydrogen-bond donors (Lipinski definition) is 1. The molecule has 4 rings (SSSR count). The van der Waals surface area contributed by atoms with Crippen molar-refractivity contribution >= 4 is 34.0 Å². The number of rotatable bonds is 4. The molecule has 1 atom stereocenters. The summed E-state index contributed by atoms with van der Waals surface area (Å²) in [6.45, 7) is 1.98. The van der Waals surface area contributed by atoms with Crippen LogP contribution in [0.25, 0.3) is 11.3 Å². The average Bonchev–Trinajstić information content (AvgIpc) is 3.24. The highest BCUT2D eigenvalue weighted by molar-refractivity contribution is 7.16. The van der Waals surface area contributed by atoms with Crippen LogP contribution < -0.4 is 14.8 Å². The number of carbonyl (C=O) groups excluding carboxylic acids is 1. The zero-order chi connectivity index (χ0) is 19.0. The lowest BCUT2D eigenvalue weighted by molar-refractivity contribution is -0.122. The highest BCUT2D eigenvalue weighted by Gasteiger charge is 2.30. The Morgan fingerprint density at radius 1 is 1.30 bits per heavy atom. The van der Waals surface area contributed by atoms with Gasteiger partial charge in [0, 0.05) is 21.9 Å². The van der Waals surface area contributed by atoms with Gasteiger partial charge >= 0.3 is 0 Å². The highest BCUT2D eigenvalue weighted by atomic mass is 35.5. The van der Waals surface area contributed by atoms with Crippen LogP contribution in [-0.4, -0.2) is 24.1 Å². The van der Waals surface area contributed by atoms with Gasteiger partial charge in [-0.15, -0.1) is 11.3 Å². The van der Waals surface area contributed by atoms with Crippen LogP contribution >= 0.6 is 22.9 Å². The van der Waals surface area contributed by atoms with Gasteiger partial charge in [0.2, 0.25) is 0 Å². The summed E-state index contributed by atoms with van der Waals surface area (Å²) in [5.74, 6) is 1.28. The van der Waals surface area contributed by atoms with E-state index >= 15 is 0 Å². The standard InChI is InChI=1S/C20H17ClN2O3S/c1-11-18(12-3-6-15(25-2)7-4-12)22-20(27-11)23-19(24)17-10-13-9-14(21)5-8-16(13)26-17/h3-9,17H,10H2,1-2H3,(H,22,23,24)/t17-/m1/s1. The van der Waals surface area contributed by atoms with Crippen molar-refractivity contribution in [1.29, 1.82) is 0 Å². The minimum absolute atomic E-state index is 0.211.